The summed E-state index contributed by atoms with van der Waals surface area (Å²) < 4.78 is 8.12. The molecule has 0 N–H and O–H groups in total. The summed E-state index contributed by atoms with van der Waals surface area (Å²) in [5.41, 5.74) is 7.64. The van der Waals surface area contributed by atoms with Gasteiger partial charge in [-0.2, -0.15) is 0 Å². The lowest BCUT2D eigenvalue weighted by atomic mass is 9.68. The van der Waals surface area contributed by atoms with Gasteiger partial charge in [-0.1, -0.05) is 43.3 Å². The summed E-state index contributed by atoms with van der Waals surface area (Å²) in [7, 11) is 1.90. The van der Waals surface area contributed by atoms with E-state index >= 15 is 0 Å². The molecule has 0 saturated carbocycles. The van der Waals surface area contributed by atoms with E-state index < -0.39 is 5.41 Å². The molecule has 4 aromatic rings. The van der Waals surface area contributed by atoms with E-state index in [1.54, 1.807) is 11.6 Å². The summed E-state index contributed by atoms with van der Waals surface area (Å²) in [6.45, 7) is 16.6. The van der Waals surface area contributed by atoms with Gasteiger partial charge in [0, 0.05) is 44.2 Å². The number of aryl methyl sites for hydroxylation is 3. The molecule has 7 heteroatoms. The van der Waals surface area contributed by atoms with Gasteiger partial charge < -0.3 is 4.74 Å². The summed E-state index contributed by atoms with van der Waals surface area (Å²) in [6, 6.07) is 14.8. The Morgan fingerprint density at radius 3 is 2.67 bits per heavy atom. The molecule has 0 radical (unpaired) electrons. The largest absolute Gasteiger partial charge is 0.485 e. The van der Waals surface area contributed by atoms with Gasteiger partial charge in [0.25, 0.3) is 0 Å². The van der Waals surface area contributed by atoms with Crippen LogP contribution >= 0.6 is 0 Å². The number of carbonyl (C=O) groups is 1. The zero-order valence-corrected chi connectivity index (χ0v) is 24.4. The van der Waals surface area contributed by atoms with Crippen molar-refractivity contribution in [3.05, 3.63) is 82.2 Å². The third-order valence-corrected chi connectivity index (χ3v) is 8.33. The number of Topliss-reactive ketones (excluding diaryl/α,β-unsaturated/α-hetero) is 1. The van der Waals surface area contributed by atoms with Crippen LogP contribution in [-0.2, 0) is 24.9 Å². The molecule has 0 fully saturated rings. The first-order valence-electron chi connectivity index (χ1n) is 13.6. The standard InChI is InChI=1S/C32H39N5O2/c1-20-11-12-23(16-24(20)17-37-18-26-28(10-9-15-33-26)39-31(4,5)19-37)29(32(6,7)22(3)38)25-13-14-27-30(21(25)2)34-35-36(27)8/h9-16,29H,17-19H2,1-8H3/t29-/m0/s1. The van der Waals surface area contributed by atoms with Gasteiger partial charge in [-0.05, 0) is 80.6 Å². The Bertz CT molecular complexity index is 1550. The number of carbonyl (C=O) groups excluding carboxylic acids is 1. The molecule has 2 aromatic carbocycles. The first-order chi connectivity index (χ1) is 18.4. The Morgan fingerprint density at radius 1 is 1.15 bits per heavy atom. The van der Waals surface area contributed by atoms with Crippen LogP contribution in [0.2, 0.25) is 0 Å². The zero-order chi connectivity index (χ0) is 28.1. The highest BCUT2D eigenvalue weighted by atomic mass is 16.5. The van der Waals surface area contributed by atoms with Crippen molar-refractivity contribution in [2.75, 3.05) is 6.54 Å². The van der Waals surface area contributed by atoms with E-state index in [-0.39, 0.29) is 17.3 Å². The van der Waals surface area contributed by atoms with E-state index in [1.165, 1.54) is 11.1 Å². The molecule has 0 aliphatic carbocycles. The number of ether oxygens (including phenoxy) is 1. The lowest BCUT2D eigenvalue weighted by molar-refractivity contribution is -0.125. The van der Waals surface area contributed by atoms with Crippen LogP contribution < -0.4 is 4.74 Å². The Morgan fingerprint density at radius 2 is 1.92 bits per heavy atom. The number of ketones is 1. The first kappa shape index (κ1) is 27.0. The van der Waals surface area contributed by atoms with Gasteiger partial charge in [0.1, 0.15) is 22.7 Å². The van der Waals surface area contributed by atoms with Crippen molar-refractivity contribution in [2.24, 2.45) is 12.5 Å². The molecule has 39 heavy (non-hydrogen) atoms. The van der Waals surface area contributed by atoms with Gasteiger partial charge in [-0.15, -0.1) is 5.10 Å². The van der Waals surface area contributed by atoms with E-state index in [9.17, 15) is 4.79 Å². The highest BCUT2D eigenvalue weighted by Gasteiger charge is 2.38. The maximum absolute atomic E-state index is 13.1. The molecule has 0 spiro atoms. The summed E-state index contributed by atoms with van der Waals surface area (Å²) in [5.74, 6) is 0.878. The molecule has 0 unspecified atom stereocenters. The number of benzene rings is 2. The van der Waals surface area contributed by atoms with Crippen LogP contribution in [-0.4, -0.2) is 42.8 Å². The second kappa shape index (κ2) is 9.87. The number of fused-ring (bicyclic) bond motifs is 2. The normalized spacial score (nSPS) is 16.4. The SMILES string of the molecule is CC(=O)C(C)(C)[C@@H](c1ccc(C)c(CN2Cc3ncccc3OC(C)(C)C2)c1)c1ccc2c(nnn2C)c1C. The minimum atomic E-state index is -0.617. The van der Waals surface area contributed by atoms with E-state index in [0.717, 1.165) is 52.3 Å². The van der Waals surface area contributed by atoms with Crippen LogP contribution in [0.4, 0.5) is 0 Å². The van der Waals surface area contributed by atoms with E-state index in [4.69, 9.17) is 4.74 Å². The van der Waals surface area contributed by atoms with Crippen molar-refractivity contribution in [2.45, 2.75) is 73.1 Å². The Hall–Kier alpha value is -3.58. The molecular weight excluding hydrogens is 486 g/mol. The van der Waals surface area contributed by atoms with Crippen LogP contribution in [0.1, 0.15) is 74.0 Å². The topological polar surface area (TPSA) is 73.1 Å². The molecule has 5 rings (SSSR count). The van der Waals surface area contributed by atoms with Crippen LogP contribution in [0.25, 0.3) is 11.0 Å². The average molecular weight is 526 g/mol. The molecule has 3 heterocycles. The molecule has 2 aromatic heterocycles. The van der Waals surface area contributed by atoms with Crippen LogP contribution in [0.3, 0.4) is 0 Å². The number of hydrogen-bond donors (Lipinski definition) is 0. The molecule has 0 bridgehead atoms. The second-order valence-corrected chi connectivity index (χ2v) is 12.2. The maximum atomic E-state index is 13.1. The average Bonchev–Trinajstić information content (AvgIpc) is 3.18. The van der Waals surface area contributed by atoms with Gasteiger partial charge in [0.2, 0.25) is 0 Å². The van der Waals surface area contributed by atoms with Gasteiger partial charge >= 0.3 is 0 Å². The predicted molar refractivity (Wildman–Crippen MR) is 154 cm³/mol. The summed E-state index contributed by atoms with van der Waals surface area (Å²) in [5, 5.41) is 8.67. The predicted octanol–water partition coefficient (Wildman–Crippen LogP) is 5.90. The molecule has 1 aliphatic rings. The van der Waals surface area contributed by atoms with Crippen molar-refractivity contribution in [3.8, 4) is 5.75 Å². The van der Waals surface area contributed by atoms with E-state index in [0.29, 0.717) is 6.54 Å². The van der Waals surface area contributed by atoms with Gasteiger partial charge in [-0.25, -0.2) is 4.68 Å². The Kier molecular flexibility index (Phi) is 6.83. The third kappa shape index (κ3) is 5.08. The van der Waals surface area contributed by atoms with Crippen molar-refractivity contribution in [3.63, 3.8) is 0 Å². The molecule has 0 amide bonds. The van der Waals surface area contributed by atoms with E-state index in [2.05, 4.69) is 92.1 Å². The van der Waals surface area contributed by atoms with Crippen molar-refractivity contribution >= 4 is 16.8 Å². The number of nitrogens with zero attached hydrogens (tertiary/aromatic N) is 5. The lowest BCUT2D eigenvalue weighted by Gasteiger charge is -2.35. The van der Waals surface area contributed by atoms with E-state index in [1.807, 2.05) is 25.4 Å². The lowest BCUT2D eigenvalue weighted by Crippen LogP contribution is -2.40. The molecule has 204 valence electrons. The fourth-order valence-electron chi connectivity index (χ4n) is 5.91. The molecule has 1 aliphatic heterocycles. The number of pyridine rings is 1. The second-order valence-electron chi connectivity index (χ2n) is 12.2. The molecule has 0 saturated heterocycles. The fourth-order valence-corrected chi connectivity index (χ4v) is 5.91. The van der Waals surface area contributed by atoms with Crippen molar-refractivity contribution < 1.29 is 9.53 Å². The minimum absolute atomic E-state index is 0.132. The molecule has 1 atom stereocenters. The number of hydrogen-bond acceptors (Lipinski definition) is 6. The fraction of sp³-hybridized carbons (Fsp3) is 0.438. The third-order valence-electron chi connectivity index (χ3n) is 8.33. The smallest absolute Gasteiger partial charge is 0.143 e. The van der Waals surface area contributed by atoms with Crippen LogP contribution in [0.15, 0.2) is 48.7 Å². The highest BCUT2D eigenvalue weighted by Crippen LogP contribution is 2.44. The first-order valence-corrected chi connectivity index (χ1v) is 13.6. The molecule has 7 nitrogen and oxygen atoms in total. The Labute approximate surface area is 231 Å². The highest BCUT2D eigenvalue weighted by molar-refractivity contribution is 5.85. The summed E-state index contributed by atoms with van der Waals surface area (Å²) >= 11 is 0. The van der Waals surface area contributed by atoms with Crippen molar-refractivity contribution in [1.82, 2.24) is 24.9 Å². The summed E-state index contributed by atoms with van der Waals surface area (Å²) in [4.78, 5) is 20.1. The van der Waals surface area contributed by atoms with Crippen LogP contribution in [0.5, 0.6) is 5.75 Å². The zero-order valence-electron chi connectivity index (χ0n) is 24.4. The summed E-state index contributed by atoms with van der Waals surface area (Å²) in [6.07, 6.45) is 1.83. The van der Waals surface area contributed by atoms with Gasteiger partial charge in [0.05, 0.1) is 11.2 Å². The van der Waals surface area contributed by atoms with Crippen molar-refractivity contribution in [1.29, 1.82) is 0 Å². The van der Waals surface area contributed by atoms with Gasteiger partial charge in [0.15, 0.2) is 0 Å². The number of aromatic nitrogens is 4. The number of rotatable bonds is 6. The quantitative estimate of drug-likeness (QED) is 0.312. The molecular formula is C32H39N5O2. The van der Waals surface area contributed by atoms with Crippen LogP contribution in [0, 0.1) is 19.3 Å². The van der Waals surface area contributed by atoms with Gasteiger partial charge in [-0.3, -0.25) is 14.7 Å². The maximum Gasteiger partial charge on any atom is 0.143 e. The minimum Gasteiger partial charge on any atom is -0.485 e. The monoisotopic (exact) mass is 525 g/mol. The Balaban J connectivity index is 1.57.